The Morgan fingerprint density at radius 1 is 0.650 bits per heavy atom. The number of para-hydroxylation sites is 1. The van der Waals surface area contributed by atoms with E-state index in [2.05, 4.69) is 25.7 Å². The molecule has 2 fully saturated rings. The number of rotatable bonds is 12. The molecule has 3 aromatic carbocycles. The number of aromatic nitrogens is 6. The molecular formula is C44H47ClN8O7. The van der Waals surface area contributed by atoms with E-state index in [1.165, 1.54) is 0 Å². The summed E-state index contributed by atoms with van der Waals surface area (Å²) < 4.78 is 31.7. The minimum absolute atomic E-state index is 0.300. The number of nitrogens with zero attached hydrogens (tertiary/aromatic N) is 6. The number of anilines is 2. The summed E-state index contributed by atoms with van der Waals surface area (Å²) in [4.78, 5) is 9.08. The molecular weight excluding hydrogens is 788 g/mol. The molecule has 60 heavy (non-hydrogen) atoms. The van der Waals surface area contributed by atoms with Crippen LogP contribution in [0, 0.1) is 0 Å². The molecule has 0 unspecified atom stereocenters. The van der Waals surface area contributed by atoms with Crippen LogP contribution in [-0.4, -0.2) is 90.1 Å². The molecule has 0 saturated carbocycles. The van der Waals surface area contributed by atoms with Crippen molar-refractivity contribution in [3.8, 4) is 34.1 Å². The fourth-order valence-corrected chi connectivity index (χ4v) is 6.73. The Morgan fingerprint density at radius 2 is 1.10 bits per heavy atom. The van der Waals surface area contributed by atoms with Crippen LogP contribution in [0.15, 0.2) is 103 Å². The average molecular weight is 835 g/mol. The van der Waals surface area contributed by atoms with Gasteiger partial charge < -0.3 is 44.5 Å². The Morgan fingerprint density at radius 3 is 1.57 bits per heavy atom. The predicted molar refractivity (Wildman–Crippen MR) is 227 cm³/mol. The number of fused-ring (bicyclic) bond motifs is 2. The zero-order valence-corrected chi connectivity index (χ0v) is 34.5. The third-order valence-electron chi connectivity index (χ3n) is 9.47. The van der Waals surface area contributed by atoms with Gasteiger partial charge in [-0.05, 0) is 39.8 Å². The van der Waals surface area contributed by atoms with Gasteiger partial charge in [0.2, 0.25) is 5.88 Å². The molecule has 16 heteroatoms. The maximum Gasteiger partial charge on any atom is 0.239 e. The van der Waals surface area contributed by atoms with Gasteiger partial charge in [0.25, 0.3) is 0 Å². The zero-order valence-electron chi connectivity index (χ0n) is 33.7. The minimum Gasteiger partial charge on any atom is -0.438 e. The first kappa shape index (κ1) is 41.1. The molecule has 4 N–H and O–H groups in total. The van der Waals surface area contributed by atoms with Gasteiger partial charge in [0.1, 0.15) is 5.75 Å². The van der Waals surface area contributed by atoms with Crippen molar-refractivity contribution in [2.24, 2.45) is 0 Å². The summed E-state index contributed by atoms with van der Waals surface area (Å²) in [5, 5.41) is 36.0. The molecule has 312 valence electrons. The van der Waals surface area contributed by atoms with E-state index in [1.807, 2.05) is 78.9 Å². The average Bonchev–Trinajstić information content (AvgIpc) is 4.08. The number of halogens is 1. The highest BCUT2D eigenvalue weighted by Gasteiger charge is 2.22. The van der Waals surface area contributed by atoms with E-state index in [0.717, 1.165) is 33.6 Å². The second-order valence-corrected chi connectivity index (χ2v) is 16.1. The van der Waals surface area contributed by atoms with Crippen LogP contribution in [0.5, 0.6) is 11.6 Å². The number of hydrogen-bond acceptors (Lipinski definition) is 13. The molecule has 0 amide bonds. The van der Waals surface area contributed by atoms with Crippen molar-refractivity contribution in [1.82, 2.24) is 29.2 Å². The van der Waals surface area contributed by atoms with E-state index in [9.17, 15) is 10.2 Å². The summed E-state index contributed by atoms with van der Waals surface area (Å²) in [5.41, 5.74) is 6.44. The summed E-state index contributed by atoms with van der Waals surface area (Å²) in [6.07, 6.45) is 2.92. The van der Waals surface area contributed by atoms with Crippen LogP contribution in [-0.2, 0) is 18.9 Å². The van der Waals surface area contributed by atoms with Gasteiger partial charge in [-0.15, -0.1) is 5.10 Å². The largest absolute Gasteiger partial charge is 0.438 e. The van der Waals surface area contributed by atoms with Gasteiger partial charge in [0, 0.05) is 47.5 Å². The Kier molecular flexibility index (Phi) is 12.0. The quantitative estimate of drug-likeness (QED) is 0.0946. The first-order valence-electron chi connectivity index (χ1n) is 19.6. The van der Waals surface area contributed by atoms with Crippen molar-refractivity contribution >= 4 is 34.3 Å². The third-order valence-corrected chi connectivity index (χ3v) is 9.66. The number of ether oxygens (including phenoxy) is 5. The van der Waals surface area contributed by atoms with Crippen molar-refractivity contribution < 1.29 is 33.9 Å². The molecule has 7 aromatic rings. The van der Waals surface area contributed by atoms with Crippen molar-refractivity contribution in [3.63, 3.8) is 0 Å². The van der Waals surface area contributed by atoms with Crippen LogP contribution < -0.4 is 15.4 Å². The summed E-state index contributed by atoms with van der Waals surface area (Å²) in [6, 6.07) is 28.9. The standard InChI is InChI=1S/C25H26N4O4.C19H21ClN4O3/c1-25(2,30)16-27-20-14-22(33-19-6-4-3-5-7-19)28-29-21(15-26-23(20)29)17-8-10-18(11-9-17)24-31-12-13-32-24;1-19(2,25)11-22-14-9-16(20)23-24-15(10-21-17(14)24)12-3-5-13(6-4-12)18-26-7-8-27-18/h3-11,14-15,24,27,30H,12-13,16H2,1-2H3;3-6,9-10,18,22,25H,7-8,11H2,1-2H3. The van der Waals surface area contributed by atoms with Crippen molar-refractivity contribution in [1.29, 1.82) is 0 Å². The van der Waals surface area contributed by atoms with Gasteiger partial charge >= 0.3 is 0 Å². The van der Waals surface area contributed by atoms with Crippen molar-refractivity contribution in [2.75, 3.05) is 50.2 Å². The lowest BCUT2D eigenvalue weighted by Gasteiger charge is -2.19. The van der Waals surface area contributed by atoms with E-state index >= 15 is 0 Å². The Hall–Kier alpha value is -5.65. The number of aliphatic hydroxyl groups is 2. The van der Waals surface area contributed by atoms with E-state index in [1.54, 1.807) is 61.3 Å². The van der Waals surface area contributed by atoms with Crippen LogP contribution in [0.25, 0.3) is 33.8 Å². The van der Waals surface area contributed by atoms with E-state index in [4.69, 9.17) is 40.4 Å². The Labute approximate surface area is 351 Å². The van der Waals surface area contributed by atoms with E-state index < -0.39 is 11.2 Å². The first-order valence-corrected chi connectivity index (χ1v) is 20.0. The fraction of sp³-hybridized carbons (Fsp3) is 0.318. The monoisotopic (exact) mass is 834 g/mol. The lowest BCUT2D eigenvalue weighted by atomic mass is 10.1. The summed E-state index contributed by atoms with van der Waals surface area (Å²) in [7, 11) is 0. The highest BCUT2D eigenvalue weighted by molar-refractivity contribution is 6.29. The summed E-state index contributed by atoms with van der Waals surface area (Å²) in [6.45, 7) is 10.1. The van der Waals surface area contributed by atoms with Crippen LogP contribution in [0.4, 0.5) is 11.4 Å². The fourth-order valence-electron chi connectivity index (χ4n) is 6.54. The van der Waals surface area contributed by atoms with Crippen LogP contribution >= 0.6 is 11.6 Å². The van der Waals surface area contributed by atoms with Gasteiger partial charge in [0.05, 0.1) is 72.8 Å². The van der Waals surface area contributed by atoms with Crippen LogP contribution in [0.2, 0.25) is 5.15 Å². The van der Waals surface area contributed by atoms with Crippen LogP contribution in [0.3, 0.4) is 0 Å². The highest BCUT2D eigenvalue weighted by Crippen LogP contribution is 2.32. The zero-order chi connectivity index (χ0) is 41.9. The SMILES string of the molecule is CC(C)(O)CNc1cc(Cl)nn2c(-c3ccc(C4OCCO4)cc3)cnc12.CC(C)(O)CNc1cc(Oc2ccccc2)nn2c(-c3ccc(C4OCCO4)cc3)cnc12. The predicted octanol–water partition coefficient (Wildman–Crippen LogP) is 7.69. The molecule has 2 aliphatic rings. The normalized spacial score (nSPS) is 15.1. The number of imidazole rings is 2. The lowest BCUT2D eigenvalue weighted by molar-refractivity contribution is -0.0443. The maximum absolute atomic E-state index is 10.2. The molecule has 2 aliphatic heterocycles. The first-order chi connectivity index (χ1) is 28.9. The van der Waals surface area contributed by atoms with Gasteiger partial charge in [-0.25, -0.2) is 19.0 Å². The minimum atomic E-state index is -0.893. The van der Waals surface area contributed by atoms with Crippen molar-refractivity contribution in [3.05, 3.63) is 120 Å². The Balaban J connectivity index is 0.000000170. The molecule has 2 saturated heterocycles. The molecule has 0 spiro atoms. The smallest absolute Gasteiger partial charge is 0.239 e. The summed E-state index contributed by atoms with van der Waals surface area (Å²) in [5.74, 6) is 1.09. The molecule has 4 aromatic heterocycles. The van der Waals surface area contributed by atoms with Gasteiger partial charge in [-0.2, -0.15) is 5.10 Å². The number of hydrogen-bond donors (Lipinski definition) is 4. The molecule has 0 aliphatic carbocycles. The molecule has 9 rings (SSSR count). The Bertz CT molecular complexity index is 2520. The molecule has 0 atom stereocenters. The number of nitrogens with one attached hydrogen (secondary N) is 2. The number of benzene rings is 3. The van der Waals surface area contributed by atoms with Crippen molar-refractivity contribution in [2.45, 2.75) is 51.5 Å². The maximum atomic E-state index is 10.2. The lowest BCUT2D eigenvalue weighted by Crippen LogP contribution is -2.29. The van der Waals surface area contributed by atoms with Gasteiger partial charge in [-0.1, -0.05) is 78.3 Å². The second-order valence-electron chi connectivity index (χ2n) is 15.7. The van der Waals surface area contributed by atoms with Gasteiger partial charge in [-0.3, -0.25) is 0 Å². The molecule has 0 radical (unpaired) electrons. The van der Waals surface area contributed by atoms with E-state index in [-0.39, 0.29) is 12.6 Å². The molecule has 0 bridgehead atoms. The molecule has 15 nitrogen and oxygen atoms in total. The van der Waals surface area contributed by atoms with Gasteiger partial charge in [0.15, 0.2) is 29.0 Å². The van der Waals surface area contributed by atoms with Crippen LogP contribution in [0.1, 0.15) is 51.4 Å². The third kappa shape index (κ3) is 9.86. The topological polar surface area (TPSA) is 171 Å². The highest BCUT2D eigenvalue weighted by atomic mass is 35.5. The van der Waals surface area contributed by atoms with E-state index in [0.29, 0.717) is 79.0 Å². The summed E-state index contributed by atoms with van der Waals surface area (Å²) >= 11 is 6.21. The second kappa shape index (κ2) is 17.5. The molecule has 6 heterocycles.